The van der Waals surface area contributed by atoms with Crippen molar-refractivity contribution in [1.82, 2.24) is 9.47 Å². The lowest BCUT2D eigenvalue weighted by molar-refractivity contribution is 0.0807. The summed E-state index contributed by atoms with van der Waals surface area (Å²) in [5.41, 5.74) is 2.50. The van der Waals surface area contributed by atoms with Crippen LogP contribution in [0.1, 0.15) is 71.7 Å². The molecular weight excluding hydrogens is 444 g/mol. The molecule has 4 rings (SSSR count). The smallest absolute Gasteiger partial charge is 0.163 e. The van der Waals surface area contributed by atoms with E-state index in [0.717, 1.165) is 49.0 Å². The molecule has 2 aliphatic heterocycles. The van der Waals surface area contributed by atoms with Crippen LogP contribution >= 0.6 is 11.6 Å². The number of halogens is 1. The lowest BCUT2D eigenvalue weighted by atomic mass is 9.85. The number of aromatic nitrogens is 1. The summed E-state index contributed by atoms with van der Waals surface area (Å²) in [4.78, 5) is 27.6. The van der Waals surface area contributed by atoms with Gasteiger partial charge in [-0.3, -0.25) is 14.5 Å². The number of hydrogen-bond donors (Lipinski definition) is 0. The van der Waals surface area contributed by atoms with Crippen molar-refractivity contribution in [3.8, 4) is 0 Å². The Morgan fingerprint density at radius 2 is 1.65 bits per heavy atom. The topological polar surface area (TPSA) is 42.3 Å². The zero-order valence-corrected chi connectivity index (χ0v) is 21.0. The van der Waals surface area contributed by atoms with Gasteiger partial charge in [0.05, 0.1) is 5.02 Å². The fourth-order valence-electron chi connectivity index (χ4n) is 5.74. The number of carbonyl (C=O) groups is 2. The highest BCUT2D eigenvalue weighted by molar-refractivity contribution is 6.30. The van der Waals surface area contributed by atoms with Gasteiger partial charge in [0.1, 0.15) is 0 Å². The highest BCUT2D eigenvalue weighted by Crippen LogP contribution is 2.40. The summed E-state index contributed by atoms with van der Waals surface area (Å²) in [7, 11) is 0. The number of ketones is 2. The second kappa shape index (κ2) is 11.3. The fraction of sp³-hybridized carbons (Fsp3) is 0.448. The minimum absolute atomic E-state index is 0.0590. The van der Waals surface area contributed by atoms with Crippen LogP contribution in [-0.4, -0.2) is 39.7 Å². The quantitative estimate of drug-likeness (QED) is 0.397. The predicted molar refractivity (Wildman–Crippen MR) is 138 cm³/mol. The van der Waals surface area contributed by atoms with Gasteiger partial charge >= 0.3 is 0 Å². The highest BCUT2D eigenvalue weighted by atomic mass is 35.5. The molecule has 3 heterocycles. The summed E-state index contributed by atoms with van der Waals surface area (Å²) in [6.07, 6.45) is 10.2. The van der Waals surface area contributed by atoms with E-state index < -0.39 is 0 Å². The zero-order chi connectivity index (χ0) is 24.1. The minimum atomic E-state index is 0.0590. The van der Waals surface area contributed by atoms with Gasteiger partial charge in [-0.15, -0.1) is 0 Å². The molecule has 2 aromatic rings. The molecule has 2 fully saturated rings. The molecule has 34 heavy (non-hydrogen) atoms. The normalized spacial score (nSPS) is 21.8. The van der Waals surface area contributed by atoms with E-state index >= 15 is 0 Å². The number of carbonyl (C=O) groups excluding carboxylic acids is 2. The first-order chi connectivity index (χ1) is 16.4. The first kappa shape index (κ1) is 24.7. The van der Waals surface area contributed by atoms with Crippen LogP contribution in [0.25, 0.3) is 0 Å². The van der Waals surface area contributed by atoms with E-state index in [1.54, 1.807) is 6.92 Å². The van der Waals surface area contributed by atoms with Crippen molar-refractivity contribution in [2.24, 2.45) is 5.92 Å². The van der Waals surface area contributed by atoms with E-state index in [4.69, 9.17) is 11.6 Å². The Hall–Kier alpha value is -2.43. The van der Waals surface area contributed by atoms with Crippen LogP contribution in [0.15, 0.2) is 60.9 Å². The maximum atomic E-state index is 12.7. The first-order valence-electron chi connectivity index (χ1n) is 12.5. The van der Waals surface area contributed by atoms with Gasteiger partial charge in [0.2, 0.25) is 0 Å². The van der Waals surface area contributed by atoms with E-state index in [2.05, 4.69) is 9.47 Å². The highest BCUT2D eigenvalue weighted by Gasteiger charge is 2.40. The molecule has 180 valence electrons. The van der Waals surface area contributed by atoms with Gasteiger partial charge in [0, 0.05) is 55.1 Å². The van der Waals surface area contributed by atoms with Crippen LogP contribution in [0.4, 0.5) is 0 Å². The maximum absolute atomic E-state index is 12.7. The molecule has 0 saturated carbocycles. The number of piperidine rings is 1. The third-order valence-corrected chi connectivity index (χ3v) is 7.60. The van der Waals surface area contributed by atoms with Gasteiger partial charge in [-0.1, -0.05) is 54.1 Å². The Morgan fingerprint density at radius 3 is 2.32 bits per heavy atom. The number of aryl methyl sites for hydroxylation is 2. The molecule has 2 unspecified atom stereocenters. The second-order valence-electron chi connectivity index (χ2n) is 9.87. The molecular formula is C29H35ClN2O2. The number of rotatable bonds is 8. The molecule has 2 atom stereocenters. The number of hydrogen-bond acceptors (Lipinski definition) is 3. The summed E-state index contributed by atoms with van der Waals surface area (Å²) < 4.78 is 2.05. The molecule has 2 bridgehead atoms. The summed E-state index contributed by atoms with van der Waals surface area (Å²) in [6, 6.07) is 16.5. The van der Waals surface area contributed by atoms with Crippen molar-refractivity contribution in [2.45, 2.75) is 71.0 Å². The Morgan fingerprint density at radius 1 is 0.941 bits per heavy atom. The Bertz CT molecular complexity index is 1060. The summed E-state index contributed by atoms with van der Waals surface area (Å²) in [6.45, 7) is 5.41. The largest absolute Gasteiger partial charge is 0.352 e. The van der Waals surface area contributed by atoms with Gasteiger partial charge < -0.3 is 4.57 Å². The van der Waals surface area contributed by atoms with Crippen LogP contribution in [0.2, 0.25) is 5.02 Å². The van der Waals surface area contributed by atoms with E-state index in [1.165, 1.54) is 12.8 Å². The average molecular weight is 479 g/mol. The zero-order valence-electron chi connectivity index (χ0n) is 20.3. The van der Waals surface area contributed by atoms with Gasteiger partial charge in [-0.05, 0) is 63.5 Å². The second-order valence-corrected chi connectivity index (χ2v) is 10.3. The number of fused-ring (bicyclic) bond motifs is 2. The molecule has 0 spiro atoms. The van der Waals surface area contributed by atoms with Crippen LogP contribution in [0.3, 0.4) is 0 Å². The van der Waals surface area contributed by atoms with Crippen molar-refractivity contribution in [3.63, 3.8) is 0 Å². The lowest BCUT2D eigenvalue weighted by Gasteiger charge is -2.39. The number of nitrogens with zero attached hydrogens (tertiary/aromatic N) is 2. The molecule has 2 aliphatic rings. The molecule has 1 aromatic carbocycles. The molecule has 0 amide bonds. The van der Waals surface area contributed by atoms with Gasteiger partial charge in [-0.2, -0.15) is 0 Å². The summed E-state index contributed by atoms with van der Waals surface area (Å²) in [5, 5.41) is 0.647. The third-order valence-electron chi connectivity index (χ3n) is 7.37. The van der Waals surface area contributed by atoms with Gasteiger partial charge in [-0.25, -0.2) is 0 Å². The number of benzene rings is 1. The van der Waals surface area contributed by atoms with Crippen molar-refractivity contribution >= 4 is 23.2 Å². The SMILES string of the molecule is CC(=O)c1cn(CCCN2C3CCC2CC(CC(=O)c2ccccc2)C3)cc(Cl)cccc1C. The number of Topliss-reactive ketones (excluding diaryl/α,β-unsaturated/α-hetero) is 2. The van der Waals surface area contributed by atoms with E-state index in [-0.39, 0.29) is 11.6 Å². The molecule has 4 nitrogen and oxygen atoms in total. The lowest BCUT2D eigenvalue weighted by Crippen LogP contribution is -2.43. The maximum Gasteiger partial charge on any atom is 0.163 e. The van der Waals surface area contributed by atoms with E-state index in [0.29, 0.717) is 29.4 Å². The van der Waals surface area contributed by atoms with Crippen molar-refractivity contribution in [2.75, 3.05) is 6.54 Å². The van der Waals surface area contributed by atoms with E-state index in [1.807, 2.05) is 67.8 Å². The summed E-state index contributed by atoms with van der Waals surface area (Å²) in [5.74, 6) is 0.828. The van der Waals surface area contributed by atoms with Crippen LogP contribution in [0.5, 0.6) is 0 Å². The average Bonchev–Trinajstić information content (AvgIpc) is 3.07. The summed E-state index contributed by atoms with van der Waals surface area (Å²) >= 11 is 6.37. The Labute approximate surface area is 208 Å². The molecule has 5 heteroatoms. The monoisotopic (exact) mass is 478 g/mol. The Kier molecular flexibility index (Phi) is 8.23. The minimum Gasteiger partial charge on any atom is -0.352 e. The van der Waals surface area contributed by atoms with Crippen LogP contribution < -0.4 is 0 Å². The van der Waals surface area contributed by atoms with E-state index in [9.17, 15) is 9.59 Å². The molecule has 0 radical (unpaired) electrons. The standard InChI is InChI=1S/C29H35ClN2O2/c1-21-8-6-11-25(30)19-31(20-28(21)22(2)33)14-7-15-32-26-12-13-27(32)17-23(16-26)18-29(34)24-9-4-3-5-10-24/h3-6,8-11,19-20,23,26-27H,7,12-18H2,1-2H3. The Balaban J connectivity index is 1.37. The fourth-order valence-corrected chi connectivity index (χ4v) is 5.93. The molecule has 0 N–H and O–H groups in total. The molecule has 0 aliphatic carbocycles. The van der Waals surface area contributed by atoms with Crippen molar-refractivity contribution in [1.29, 1.82) is 0 Å². The van der Waals surface area contributed by atoms with Gasteiger partial charge in [0.15, 0.2) is 11.6 Å². The van der Waals surface area contributed by atoms with Crippen molar-refractivity contribution in [3.05, 3.63) is 82.6 Å². The van der Waals surface area contributed by atoms with Crippen LogP contribution in [0, 0.1) is 12.8 Å². The van der Waals surface area contributed by atoms with Crippen molar-refractivity contribution < 1.29 is 9.59 Å². The first-order valence-corrected chi connectivity index (χ1v) is 12.8. The third kappa shape index (κ3) is 6.17. The van der Waals surface area contributed by atoms with Gasteiger partial charge in [0.25, 0.3) is 0 Å². The molecule has 1 aromatic heterocycles. The van der Waals surface area contributed by atoms with Crippen LogP contribution in [-0.2, 0) is 6.54 Å². The molecule has 2 saturated heterocycles. The predicted octanol–water partition coefficient (Wildman–Crippen LogP) is 6.68.